The normalized spacial score (nSPS) is 17.1. The predicted octanol–water partition coefficient (Wildman–Crippen LogP) is 4.66. The molecule has 5 nitrogen and oxygen atoms in total. The van der Waals surface area contributed by atoms with E-state index in [1.807, 2.05) is 30.3 Å². The molecule has 0 radical (unpaired) electrons. The minimum absolute atomic E-state index is 0.222. The zero-order valence-corrected chi connectivity index (χ0v) is 18.4. The van der Waals surface area contributed by atoms with E-state index in [9.17, 15) is 18.3 Å². The predicted molar refractivity (Wildman–Crippen MR) is 123 cm³/mol. The van der Waals surface area contributed by atoms with E-state index in [4.69, 9.17) is 4.74 Å². The fourth-order valence-electron chi connectivity index (χ4n) is 4.40. The summed E-state index contributed by atoms with van der Waals surface area (Å²) in [5.41, 5.74) is -1.28. The zero-order chi connectivity index (χ0) is 23.8. The van der Waals surface area contributed by atoms with Crippen molar-refractivity contribution in [1.82, 2.24) is 14.7 Å². The lowest BCUT2D eigenvalue weighted by Crippen LogP contribution is -2.43. The summed E-state index contributed by atoms with van der Waals surface area (Å²) in [6.45, 7) is 3.49. The molecule has 5 rings (SSSR count). The van der Waals surface area contributed by atoms with Crippen LogP contribution in [-0.4, -0.2) is 52.3 Å². The molecule has 34 heavy (non-hydrogen) atoms. The highest BCUT2D eigenvalue weighted by Gasteiger charge is 2.56. The molecule has 1 aliphatic rings. The van der Waals surface area contributed by atoms with Crippen LogP contribution in [0.3, 0.4) is 0 Å². The highest BCUT2D eigenvalue weighted by atomic mass is 19.4. The van der Waals surface area contributed by atoms with Gasteiger partial charge < -0.3 is 9.84 Å². The lowest BCUT2D eigenvalue weighted by molar-refractivity contribution is -0.248. The third-order valence-corrected chi connectivity index (χ3v) is 6.28. The summed E-state index contributed by atoms with van der Waals surface area (Å²) in [4.78, 5) is 2.19. The molecule has 3 aromatic carbocycles. The number of morpholine rings is 1. The SMILES string of the molecule is OC(c1ccc(CN2CCOCC2)cc1)(c1ccc2c(cnn2-c2ccccc2)c1)C(F)(F)F. The van der Waals surface area contributed by atoms with Crippen LogP contribution < -0.4 is 0 Å². The molecule has 1 fully saturated rings. The average Bonchev–Trinajstić information content (AvgIpc) is 3.28. The number of halogens is 3. The molecule has 1 N–H and O–H groups in total. The first-order chi connectivity index (χ1) is 16.4. The summed E-state index contributed by atoms with van der Waals surface area (Å²) in [5, 5.41) is 15.9. The second-order valence-corrected chi connectivity index (χ2v) is 8.46. The van der Waals surface area contributed by atoms with Crippen LogP contribution in [0, 0.1) is 0 Å². The maximum Gasteiger partial charge on any atom is 0.425 e. The van der Waals surface area contributed by atoms with Gasteiger partial charge in [-0.2, -0.15) is 18.3 Å². The lowest BCUT2D eigenvalue weighted by atomic mass is 9.84. The topological polar surface area (TPSA) is 50.5 Å². The Kier molecular flexibility index (Phi) is 5.89. The maximum atomic E-state index is 14.3. The number of aromatic nitrogens is 2. The average molecular weight is 467 g/mol. The van der Waals surface area contributed by atoms with Gasteiger partial charge >= 0.3 is 6.18 Å². The minimum Gasteiger partial charge on any atom is -0.379 e. The van der Waals surface area contributed by atoms with Crippen molar-refractivity contribution in [3.05, 3.63) is 95.7 Å². The fraction of sp³-hybridized carbons (Fsp3) is 0.269. The molecule has 1 aliphatic heterocycles. The van der Waals surface area contributed by atoms with Crippen LogP contribution in [0.2, 0.25) is 0 Å². The molecule has 8 heteroatoms. The van der Waals surface area contributed by atoms with E-state index in [1.165, 1.54) is 30.5 Å². The van der Waals surface area contributed by atoms with Crippen LogP contribution in [0.1, 0.15) is 16.7 Å². The van der Waals surface area contributed by atoms with E-state index in [2.05, 4.69) is 10.00 Å². The van der Waals surface area contributed by atoms with Gasteiger partial charge in [0.15, 0.2) is 0 Å². The van der Waals surface area contributed by atoms with Crippen molar-refractivity contribution >= 4 is 10.9 Å². The molecule has 1 saturated heterocycles. The standard InChI is InChI=1S/C26H24F3N3O2/c27-26(28,29)25(33,21-8-6-19(7-9-21)18-31-12-14-34-15-13-31)22-10-11-24-20(16-22)17-30-32(24)23-4-2-1-3-5-23/h1-11,16-17,33H,12-15,18H2. The Morgan fingerprint density at radius 3 is 2.24 bits per heavy atom. The van der Waals surface area contributed by atoms with Gasteiger partial charge in [0.25, 0.3) is 0 Å². The van der Waals surface area contributed by atoms with Gasteiger partial charge in [-0.3, -0.25) is 4.90 Å². The third-order valence-electron chi connectivity index (χ3n) is 6.28. The molecular formula is C26H24F3N3O2. The van der Waals surface area contributed by atoms with Crippen LogP contribution >= 0.6 is 0 Å². The second kappa shape index (κ2) is 8.87. The molecule has 0 spiro atoms. The largest absolute Gasteiger partial charge is 0.425 e. The van der Waals surface area contributed by atoms with Crippen molar-refractivity contribution in [2.45, 2.75) is 18.3 Å². The summed E-state index contributed by atoms with van der Waals surface area (Å²) in [6.07, 6.45) is -3.41. The van der Waals surface area contributed by atoms with E-state index in [-0.39, 0.29) is 11.1 Å². The smallest absolute Gasteiger partial charge is 0.379 e. The highest BCUT2D eigenvalue weighted by molar-refractivity contribution is 5.81. The Labute approximate surface area is 195 Å². The number of hydrogen-bond acceptors (Lipinski definition) is 4. The Bertz CT molecular complexity index is 1270. The Balaban J connectivity index is 1.49. The number of fused-ring (bicyclic) bond motifs is 1. The molecule has 1 unspecified atom stereocenters. The van der Waals surface area contributed by atoms with Gasteiger partial charge in [-0.15, -0.1) is 0 Å². The van der Waals surface area contributed by atoms with Crippen LogP contribution in [-0.2, 0) is 16.9 Å². The van der Waals surface area contributed by atoms with Crippen molar-refractivity contribution in [3.63, 3.8) is 0 Å². The van der Waals surface area contributed by atoms with Gasteiger partial charge in [-0.1, -0.05) is 48.5 Å². The van der Waals surface area contributed by atoms with Gasteiger partial charge in [-0.25, -0.2) is 4.68 Å². The molecule has 1 aromatic heterocycles. The van der Waals surface area contributed by atoms with Gasteiger partial charge in [0.1, 0.15) is 0 Å². The van der Waals surface area contributed by atoms with Crippen molar-refractivity contribution in [3.8, 4) is 5.69 Å². The Hall–Kier alpha value is -3.20. The van der Waals surface area contributed by atoms with E-state index < -0.39 is 11.8 Å². The van der Waals surface area contributed by atoms with Crippen molar-refractivity contribution in [2.75, 3.05) is 26.3 Å². The van der Waals surface area contributed by atoms with Crippen LogP contribution in [0.25, 0.3) is 16.6 Å². The van der Waals surface area contributed by atoms with Gasteiger partial charge in [-0.05, 0) is 41.0 Å². The molecule has 0 saturated carbocycles. The molecule has 2 heterocycles. The number of alkyl halides is 3. The van der Waals surface area contributed by atoms with Crippen molar-refractivity contribution in [2.24, 2.45) is 0 Å². The summed E-state index contributed by atoms with van der Waals surface area (Å²) in [5.74, 6) is 0. The van der Waals surface area contributed by atoms with E-state index in [0.717, 1.165) is 24.3 Å². The molecule has 1 atom stereocenters. The monoisotopic (exact) mass is 467 g/mol. The summed E-state index contributed by atoms with van der Waals surface area (Å²) >= 11 is 0. The number of para-hydroxylation sites is 1. The molecule has 176 valence electrons. The summed E-state index contributed by atoms with van der Waals surface area (Å²) in [6, 6.07) is 19.6. The molecule has 4 aromatic rings. The minimum atomic E-state index is -4.91. The number of benzene rings is 3. The van der Waals surface area contributed by atoms with E-state index >= 15 is 0 Å². The molecule has 0 aliphatic carbocycles. The number of hydrogen-bond donors (Lipinski definition) is 1. The van der Waals surface area contributed by atoms with E-state index in [0.29, 0.717) is 30.7 Å². The van der Waals surface area contributed by atoms with Gasteiger partial charge in [0.2, 0.25) is 5.60 Å². The fourth-order valence-corrected chi connectivity index (χ4v) is 4.40. The molecule has 0 amide bonds. The first-order valence-corrected chi connectivity index (χ1v) is 11.1. The number of ether oxygens (including phenoxy) is 1. The quantitative estimate of drug-likeness (QED) is 0.464. The van der Waals surface area contributed by atoms with Crippen molar-refractivity contribution in [1.29, 1.82) is 0 Å². The number of rotatable bonds is 5. The van der Waals surface area contributed by atoms with Gasteiger partial charge in [0.05, 0.1) is 30.6 Å². The first-order valence-electron chi connectivity index (χ1n) is 11.1. The van der Waals surface area contributed by atoms with Crippen LogP contribution in [0.5, 0.6) is 0 Å². The summed E-state index contributed by atoms with van der Waals surface area (Å²) in [7, 11) is 0. The Morgan fingerprint density at radius 2 is 1.56 bits per heavy atom. The first kappa shape index (κ1) is 22.6. The van der Waals surface area contributed by atoms with Crippen molar-refractivity contribution < 1.29 is 23.0 Å². The summed E-state index contributed by atoms with van der Waals surface area (Å²) < 4.78 is 50.0. The number of nitrogens with zero attached hydrogens (tertiary/aromatic N) is 3. The maximum absolute atomic E-state index is 14.3. The van der Waals surface area contributed by atoms with Crippen LogP contribution in [0.4, 0.5) is 13.2 Å². The second-order valence-electron chi connectivity index (χ2n) is 8.46. The Morgan fingerprint density at radius 1 is 0.882 bits per heavy atom. The van der Waals surface area contributed by atoms with Crippen LogP contribution in [0.15, 0.2) is 79.0 Å². The number of aliphatic hydroxyl groups is 1. The lowest BCUT2D eigenvalue weighted by Gasteiger charge is -2.32. The molecular weight excluding hydrogens is 443 g/mol. The third kappa shape index (κ3) is 4.09. The van der Waals surface area contributed by atoms with Gasteiger partial charge in [0, 0.05) is 25.0 Å². The highest BCUT2D eigenvalue weighted by Crippen LogP contribution is 2.45. The molecule has 0 bridgehead atoms. The van der Waals surface area contributed by atoms with E-state index in [1.54, 1.807) is 22.9 Å². The zero-order valence-electron chi connectivity index (χ0n) is 18.4.